The predicted molar refractivity (Wildman–Crippen MR) is 93.1 cm³/mol. The summed E-state index contributed by atoms with van der Waals surface area (Å²) in [6, 6.07) is 9.69. The van der Waals surface area contributed by atoms with Gasteiger partial charge in [-0.1, -0.05) is 11.6 Å². The number of halogens is 2. The Morgan fingerprint density at radius 2 is 1.84 bits per heavy atom. The first-order valence-corrected chi connectivity index (χ1v) is 7.69. The van der Waals surface area contributed by atoms with Gasteiger partial charge in [0.2, 0.25) is 5.95 Å². The molecule has 1 N–H and O–H groups in total. The quantitative estimate of drug-likeness (QED) is 0.600. The van der Waals surface area contributed by atoms with Gasteiger partial charge in [-0.05, 0) is 36.4 Å². The van der Waals surface area contributed by atoms with Gasteiger partial charge in [0.25, 0.3) is 0 Å². The zero-order chi connectivity index (χ0) is 17.2. The molecule has 0 atom stereocenters. The van der Waals surface area contributed by atoms with Gasteiger partial charge in [-0.25, -0.2) is 29.3 Å². The maximum atomic E-state index is 14.2. The number of fused-ring (bicyclic) bond motifs is 1. The van der Waals surface area contributed by atoms with E-state index in [1.807, 2.05) is 6.07 Å². The van der Waals surface area contributed by atoms with Crippen LogP contribution in [-0.2, 0) is 0 Å². The lowest BCUT2D eigenvalue weighted by atomic mass is 10.1. The Kier molecular flexibility index (Phi) is 3.91. The number of nitrogens with one attached hydrogen (secondary N) is 1. The number of rotatable bonds is 3. The van der Waals surface area contributed by atoms with E-state index in [2.05, 4.69) is 30.2 Å². The fourth-order valence-electron chi connectivity index (χ4n) is 2.42. The van der Waals surface area contributed by atoms with Crippen LogP contribution in [0.25, 0.3) is 22.3 Å². The van der Waals surface area contributed by atoms with Gasteiger partial charge in [-0.3, -0.25) is 0 Å². The number of benzene rings is 1. The van der Waals surface area contributed by atoms with Crippen molar-refractivity contribution in [3.05, 3.63) is 66.1 Å². The first-order valence-electron chi connectivity index (χ1n) is 7.31. The van der Waals surface area contributed by atoms with Gasteiger partial charge in [0, 0.05) is 22.2 Å². The van der Waals surface area contributed by atoms with Crippen molar-refractivity contribution in [2.75, 3.05) is 5.32 Å². The summed E-state index contributed by atoms with van der Waals surface area (Å²) in [6.07, 6.45) is 4.39. The molecule has 0 bridgehead atoms. The Labute approximate surface area is 146 Å². The van der Waals surface area contributed by atoms with Crippen molar-refractivity contribution < 1.29 is 4.39 Å². The largest absolute Gasteiger partial charge is 0.323 e. The van der Waals surface area contributed by atoms with Gasteiger partial charge in [-0.2, -0.15) is 0 Å². The fourth-order valence-corrected chi connectivity index (χ4v) is 2.59. The lowest BCUT2D eigenvalue weighted by Crippen LogP contribution is -2.00. The Morgan fingerprint density at radius 3 is 2.68 bits per heavy atom. The molecule has 0 aliphatic carbocycles. The van der Waals surface area contributed by atoms with E-state index in [1.54, 1.807) is 18.3 Å². The van der Waals surface area contributed by atoms with E-state index >= 15 is 0 Å². The summed E-state index contributed by atoms with van der Waals surface area (Å²) in [6.45, 7) is 0. The molecule has 0 spiro atoms. The molecule has 0 unspecified atom stereocenters. The van der Waals surface area contributed by atoms with Crippen molar-refractivity contribution in [3.8, 4) is 11.3 Å². The van der Waals surface area contributed by atoms with E-state index < -0.39 is 5.82 Å². The molecule has 0 saturated carbocycles. The SMILES string of the molecule is Fc1ccc(Cl)cc1-c1cc(Nc2ncncn2)c2cccnc2n1. The van der Waals surface area contributed by atoms with Gasteiger partial charge >= 0.3 is 0 Å². The molecule has 0 fully saturated rings. The molecule has 1 aromatic carbocycles. The maximum Gasteiger partial charge on any atom is 0.230 e. The summed E-state index contributed by atoms with van der Waals surface area (Å²) < 4.78 is 14.2. The minimum Gasteiger partial charge on any atom is -0.323 e. The Morgan fingerprint density at radius 1 is 1.00 bits per heavy atom. The summed E-state index contributed by atoms with van der Waals surface area (Å²) in [4.78, 5) is 20.6. The second-order valence-corrected chi connectivity index (χ2v) is 5.58. The van der Waals surface area contributed by atoms with Crippen LogP contribution in [0.5, 0.6) is 0 Å². The average molecular weight is 353 g/mol. The molecule has 0 aliphatic heterocycles. The predicted octanol–water partition coefficient (Wildman–Crippen LogP) is 4.02. The third-order valence-electron chi connectivity index (χ3n) is 3.53. The van der Waals surface area contributed by atoms with E-state index in [4.69, 9.17) is 11.6 Å². The number of anilines is 2. The molecule has 3 aromatic heterocycles. The maximum absolute atomic E-state index is 14.2. The summed E-state index contributed by atoms with van der Waals surface area (Å²) in [5.41, 5.74) is 1.82. The number of nitrogens with zero attached hydrogens (tertiary/aromatic N) is 5. The second kappa shape index (κ2) is 6.37. The van der Waals surface area contributed by atoms with Crippen LogP contribution in [-0.4, -0.2) is 24.9 Å². The van der Waals surface area contributed by atoms with Crippen LogP contribution in [0, 0.1) is 5.82 Å². The zero-order valence-electron chi connectivity index (χ0n) is 12.7. The summed E-state index contributed by atoms with van der Waals surface area (Å²) in [7, 11) is 0. The standard InChI is InChI=1S/C17H10ClFN6/c18-10-3-4-13(19)12(6-10)15-7-14(25-17-22-8-20-9-23-17)11-2-1-5-21-16(11)24-15/h1-9H,(H,20,21,22,23,24,25). The third-order valence-corrected chi connectivity index (χ3v) is 3.76. The van der Waals surface area contributed by atoms with E-state index in [9.17, 15) is 4.39 Å². The highest BCUT2D eigenvalue weighted by Gasteiger charge is 2.13. The number of aromatic nitrogens is 5. The minimum absolute atomic E-state index is 0.291. The highest BCUT2D eigenvalue weighted by Crippen LogP contribution is 2.31. The molecule has 0 radical (unpaired) electrons. The van der Waals surface area contributed by atoms with Crippen molar-refractivity contribution in [1.29, 1.82) is 0 Å². The van der Waals surface area contributed by atoms with Gasteiger partial charge in [0.1, 0.15) is 18.5 Å². The van der Waals surface area contributed by atoms with Crippen LogP contribution < -0.4 is 5.32 Å². The van der Waals surface area contributed by atoms with Crippen LogP contribution >= 0.6 is 11.6 Å². The second-order valence-electron chi connectivity index (χ2n) is 5.14. The zero-order valence-corrected chi connectivity index (χ0v) is 13.4. The molecular weight excluding hydrogens is 343 g/mol. The first kappa shape index (κ1) is 15.3. The average Bonchev–Trinajstić information content (AvgIpc) is 2.64. The van der Waals surface area contributed by atoms with E-state index in [0.29, 0.717) is 33.6 Å². The molecule has 4 aromatic rings. The molecular formula is C17H10ClFN6. The molecule has 8 heteroatoms. The van der Waals surface area contributed by atoms with Crippen molar-refractivity contribution in [3.63, 3.8) is 0 Å². The summed E-state index contributed by atoms with van der Waals surface area (Å²) in [5.74, 6) is -0.0536. The minimum atomic E-state index is -0.418. The number of hydrogen-bond donors (Lipinski definition) is 1. The topological polar surface area (TPSA) is 76.5 Å². The van der Waals surface area contributed by atoms with Crippen LogP contribution in [0.15, 0.2) is 55.2 Å². The first-order chi connectivity index (χ1) is 12.2. The third kappa shape index (κ3) is 3.09. The van der Waals surface area contributed by atoms with Crippen LogP contribution in [0.2, 0.25) is 5.02 Å². The van der Waals surface area contributed by atoms with E-state index in [0.717, 1.165) is 5.39 Å². The lowest BCUT2D eigenvalue weighted by molar-refractivity contribution is 0.631. The molecule has 0 aliphatic rings. The van der Waals surface area contributed by atoms with Gasteiger partial charge < -0.3 is 5.32 Å². The Hall–Kier alpha value is -3.19. The van der Waals surface area contributed by atoms with Gasteiger partial charge in [0.15, 0.2) is 5.65 Å². The van der Waals surface area contributed by atoms with E-state index in [1.165, 1.54) is 30.9 Å². The van der Waals surface area contributed by atoms with Crippen LogP contribution in [0.3, 0.4) is 0 Å². The summed E-state index contributed by atoms with van der Waals surface area (Å²) in [5, 5.41) is 4.27. The van der Waals surface area contributed by atoms with Crippen LogP contribution in [0.1, 0.15) is 0 Å². The molecule has 0 amide bonds. The molecule has 3 heterocycles. The Balaban J connectivity index is 1.91. The van der Waals surface area contributed by atoms with Gasteiger partial charge in [0.05, 0.1) is 11.4 Å². The van der Waals surface area contributed by atoms with Crippen molar-refractivity contribution in [2.45, 2.75) is 0 Å². The van der Waals surface area contributed by atoms with E-state index in [-0.39, 0.29) is 0 Å². The number of hydrogen-bond acceptors (Lipinski definition) is 6. The van der Waals surface area contributed by atoms with Crippen molar-refractivity contribution >= 4 is 34.3 Å². The van der Waals surface area contributed by atoms with Crippen molar-refractivity contribution in [2.24, 2.45) is 0 Å². The molecule has 0 saturated heterocycles. The van der Waals surface area contributed by atoms with Gasteiger partial charge in [-0.15, -0.1) is 0 Å². The highest BCUT2D eigenvalue weighted by atomic mass is 35.5. The Bertz CT molecular complexity index is 1060. The summed E-state index contributed by atoms with van der Waals surface area (Å²) >= 11 is 6.00. The van der Waals surface area contributed by atoms with Crippen LogP contribution in [0.4, 0.5) is 16.0 Å². The highest BCUT2D eigenvalue weighted by molar-refractivity contribution is 6.30. The molecule has 4 rings (SSSR count). The lowest BCUT2D eigenvalue weighted by Gasteiger charge is -2.11. The smallest absolute Gasteiger partial charge is 0.230 e. The molecule has 6 nitrogen and oxygen atoms in total. The molecule has 25 heavy (non-hydrogen) atoms. The normalized spacial score (nSPS) is 10.8. The number of pyridine rings is 2. The molecule has 122 valence electrons. The van der Waals surface area contributed by atoms with Crippen molar-refractivity contribution in [1.82, 2.24) is 24.9 Å². The fraction of sp³-hybridized carbons (Fsp3) is 0. The monoisotopic (exact) mass is 352 g/mol.